The number of oxazole rings is 1. The van der Waals surface area contributed by atoms with Crippen molar-refractivity contribution < 1.29 is 32.3 Å². The molecule has 1 aliphatic rings. The second kappa shape index (κ2) is 7.65. The van der Waals surface area contributed by atoms with Gasteiger partial charge in [0.05, 0.1) is 18.0 Å². The van der Waals surface area contributed by atoms with Crippen molar-refractivity contribution >= 4 is 11.9 Å². The number of aromatic nitrogens is 1. The summed E-state index contributed by atoms with van der Waals surface area (Å²) in [5.41, 5.74) is 1.92. The zero-order valence-corrected chi connectivity index (χ0v) is 15.1. The lowest BCUT2D eigenvalue weighted by atomic mass is 9.96. The molecule has 0 unspecified atom stereocenters. The molecule has 1 aliphatic heterocycles. The Morgan fingerprint density at radius 1 is 1.25 bits per heavy atom. The number of likely N-dealkylation sites (tertiary alicyclic amines) is 1. The van der Waals surface area contributed by atoms with Crippen molar-refractivity contribution in [2.75, 3.05) is 13.1 Å². The largest absolute Gasteiger partial charge is 0.481 e. The molecule has 1 amide bonds. The van der Waals surface area contributed by atoms with Crippen molar-refractivity contribution in [2.24, 2.45) is 11.8 Å². The fourth-order valence-corrected chi connectivity index (χ4v) is 3.24. The average Bonchev–Trinajstić information content (AvgIpc) is 3.27. The van der Waals surface area contributed by atoms with E-state index < -0.39 is 43.0 Å². The molecule has 1 N–H and O–H groups in total. The Balaban J connectivity index is 1.60. The molecule has 150 valence electrons. The number of alkyl halides is 3. The van der Waals surface area contributed by atoms with Crippen LogP contribution in [0.3, 0.4) is 0 Å². The van der Waals surface area contributed by atoms with Gasteiger partial charge in [0.2, 0.25) is 5.91 Å². The van der Waals surface area contributed by atoms with Gasteiger partial charge in [0.15, 0.2) is 11.7 Å². The van der Waals surface area contributed by atoms with Crippen LogP contribution in [0.5, 0.6) is 0 Å². The molecule has 1 aromatic heterocycles. The molecule has 1 aromatic carbocycles. The lowest BCUT2D eigenvalue weighted by Crippen LogP contribution is -2.34. The van der Waals surface area contributed by atoms with Crippen molar-refractivity contribution in [2.45, 2.75) is 25.9 Å². The molecule has 1 fully saturated rings. The summed E-state index contributed by atoms with van der Waals surface area (Å²) in [5.74, 6) is -4.96. The highest BCUT2D eigenvalue weighted by Crippen LogP contribution is 2.38. The maximum absolute atomic E-state index is 13.0. The minimum atomic E-state index is -4.66. The summed E-state index contributed by atoms with van der Waals surface area (Å²) < 4.78 is 44.7. The van der Waals surface area contributed by atoms with Crippen LogP contribution in [0.2, 0.25) is 0 Å². The van der Waals surface area contributed by atoms with Crippen LogP contribution in [0.15, 0.2) is 34.9 Å². The molecule has 0 spiro atoms. The van der Waals surface area contributed by atoms with Crippen LogP contribution in [-0.2, 0) is 16.0 Å². The van der Waals surface area contributed by atoms with Crippen LogP contribution >= 0.6 is 0 Å². The van der Waals surface area contributed by atoms with E-state index in [9.17, 15) is 22.8 Å². The van der Waals surface area contributed by atoms with Crippen LogP contribution in [0.25, 0.3) is 11.3 Å². The first-order valence-electron chi connectivity index (χ1n) is 8.74. The van der Waals surface area contributed by atoms with E-state index in [4.69, 9.17) is 9.52 Å². The van der Waals surface area contributed by atoms with E-state index in [1.165, 1.54) is 6.20 Å². The molecule has 2 heterocycles. The summed E-state index contributed by atoms with van der Waals surface area (Å²) >= 11 is 0. The third-order valence-electron chi connectivity index (χ3n) is 4.85. The molecule has 9 heteroatoms. The first-order chi connectivity index (χ1) is 13.1. The van der Waals surface area contributed by atoms with Crippen LogP contribution in [-0.4, -0.2) is 46.1 Å². The van der Waals surface area contributed by atoms with Crippen molar-refractivity contribution in [1.29, 1.82) is 0 Å². The molecule has 0 radical (unpaired) electrons. The first kappa shape index (κ1) is 19.9. The predicted molar refractivity (Wildman–Crippen MR) is 92.2 cm³/mol. The molecule has 28 heavy (non-hydrogen) atoms. The smallest absolute Gasteiger partial charge is 0.394 e. The van der Waals surface area contributed by atoms with Gasteiger partial charge < -0.3 is 14.4 Å². The Morgan fingerprint density at radius 2 is 1.93 bits per heavy atom. The number of carboxylic acids is 1. The second-order valence-electron chi connectivity index (χ2n) is 6.88. The summed E-state index contributed by atoms with van der Waals surface area (Å²) in [4.78, 5) is 28.4. The minimum Gasteiger partial charge on any atom is -0.481 e. The topological polar surface area (TPSA) is 83.6 Å². The lowest BCUT2D eigenvalue weighted by Gasteiger charge is -2.18. The number of halogens is 3. The third kappa shape index (κ3) is 4.35. The molecule has 0 bridgehead atoms. The lowest BCUT2D eigenvalue weighted by molar-refractivity contribution is -0.188. The van der Waals surface area contributed by atoms with Gasteiger partial charge in [0, 0.05) is 31.5 Å². The van der Waals surface area contributed by atoms with Gasteiger partial charge in [-0.25, -0.2) is 4.98 Å². The number of carbonyl (C=O) groups excluding carboxylic acids is 1. The van der Waals surface area contributed by atoms with Gasteiger partial charge in [-0.2, -0.15) is 13.2 Å². The summed E-state index contributed by atoms with van der Waals surface area (Å²) in [6.07, 6.45) is -3.12. The number of rotatable bonds is 5. The third-order valence-corrected chi connectivity index (χ3v) is 4.85. The number of nitrogens with zero attached hydrogens (tertiary/aromatic N) is 2. The highest BCUT2D eigenvalue weighted by atomic mass is 19.4. The fraction of sp³-hybridized carbons (Fsp3) is 0.421. The van der Waals surface area contributed by atoms with Crippen LogP contribution in [0, 0.1) is 18.8 Å². The Morgan fingerprint density at radius 3 is 2.50 bits per heavy atom. The second-order valence-corrected chi connectivity index (χ2v) is 6.88. The molecule has 2 atom stereocenters. The number of benzene rings is 1. The first-order valence-corrected chi connectivity index (χ1v) is 8.74. The maximum Gasteiger partial charge on any atom is 0.394 e. The van der Waals surface area contributed by atoms with Gasteiger partial charge >= 0.3 is 12.1 Å². The normalized spacial score (nSPS) is 19.8. The highest BCUT2D eigenvalue weighted by molar-refractivity contribution is 5.79. The number of aryl methyl sites for hydroxylation is 2. The van der Waals surface area contributed by atoms with Crippen LogP contribution < -0.4 is 0 Å². The van der Waals surface area contributed by atoms with Gasteiger partial charge in [-0.15, -0.1) is 0 Å². The van der Waals surface area contributed by atoms with E-state index >= 15 is 0 Å². The zero-order chi connectivity index (χ0) is 20.5. The zero-order valence-electron chi connectivity index (χ0n) is 15.1. The van der Waals surface area contributed by atoms with E-state index in [-0.39, 0.29) is 12.8 Å². The van der Waals surface area contributed by atoms with Crippen molar-refractivity contribution in [3.8, 4) is 11.3 Å². The van der Waals surface area contributed by atoms with Gasteiger partial charge in [-0.1, -0.05) is 29.8 Å². The highest BCUT2D eigenvalue weighted by Gasteiger charge is 2.53. The van der Waals surface area contributed by atoms with Crippen LogP contribution in [0.4, 0.5) is 13.2 Å². The Hall–Kier alpha value is -2.84. The van der Waals surface area contributed by atoms with E-state index in [2.05, 4.69) is 4.98 Å². The Bertz CT molecular complexity index is 861. The summed E-state index contributed by atoms with van der Waals surface area (Å²) in [7, 11) is 0. The molecule has 0 saturated carbocycles. The molecule has 3 rings (SSSR count). The average molecular weight is 396 g/mol. The summed E-state index contributed by atoms with van der Waals surface area (Å²) in [5, 5.41) is 9.02. The summed E-state index contributed by atoms with van der Waals surface area (Å²) in [6.45, 7) is 0.871. The van der Waals surface area contributed by atoms with E-state index in [0.29, 0.717) is 11.7 Å². The number of amides is 1. The molecule has 6 nitrogen and oxygen atoms in total. The van der Waals surface area contributed by atoms with E-state index in [1.807, 2.05) is 31.2 Å². The SMILES string of the molecule is Cc1ccc(-c2cnc(CCC(=O)N3C[C@@H](C(F)(F)F)[C@H](C(=O)O)C3)o2)cc1. The molecule has 0 aliphatic carbocycles. The predicted octanol–water partition coefficient (Wildman–Crippen LogP) is 3.30. The number of aliphatic carboxylic acids is 1. The number of hydrogen-bond acceptors (Lipinski definition) is 4. The fourth-order valence-electron chi connectivity index (χ4n) is 3.24. The molecular weight excluding hydrogens is 377 g/mol. The number of carboxylic acid groups (broad SMARTS) is 1. The van der Waals surface area contributed by atoms with Crippen molar-refractivity contribution in [3.63, 3.8) is 0 Å². The Kier molecular flexibility index (Phi) is 5.44. The van der Waals surface area contributed by atoms with Gasteiger partial charge in [-0.3, -0.25) is 9.59 Å². The minimum absolute atomic E-state index is 0.106. The monoisotopic (exact) mass is 396 g/mol. The van der Waals surface area contributed by atoms with Gasteiger partial charge in [-0.05, 0) is 6.92 Å². The van der Waals surface area contributed by atoms with E-state index in [1.54, 1.807) is 0 Å². The van der Waals surface area contributed by atoms with Crippen molar-refractivity contribution in [3.05, 3.63) is 41.9 Å². The number of carbonyl (C=O) groups is 2. The van der Waals surface area contributed by atoms with Crippen molar-refractivity contribution in [1.82, 2.24) is 9.88 Å². The standard InChI is InChI=1S/C19H19F3N2O4/c1-11-2-4-12(5-3-11)15-8-23-16(28-15)6-7-17(25)24-9-13(18(26)27)14(10-24)19(20,21)22/h2-5,8,13-14H,6-7,9-10H2,1H3,(H,26,27)/t13-,14-/m1/s1. The molecular formula is C19H19F3N2O4. The maximum atomic E-state index is 13.0. The van der Waals surface area contributed by atoms with E-state index in [0.717, 1.165) is 16.0 Å². The summed E-state index contributed by atoms with van der Waals surface area (Å²) in [6, 6.07) is 7.59. The van der Waals surface area contributed by atoms with Gasteiger partial charge in [0.25, 0.3) is 0 Å². The Labute approximate surface area is 159 Å². The van der Waals surface area contributed by atoms with Crippen LogP contribution in [0.1, 0.15) is 17.9 Å². The van der Waals surface area contributed by atoms with Gasteiger partial charge in [0.1, 0.15) is 0 Å². The molecule has 2 aromatic rings. The number of hydrogen-bond donors (Lipinski definition) is 1. The molecule has 1 saturated heterocycles. The quantitative estimate of drug-likeness (QED) is 0.838.